The average Bonchev–Trinajstić information content (AvgIpc) is 2.58. The summed E-state index contributed by atoms with van der Waals surface area (Å²) in [6, 6.07) is 4.04. The van der Waals surface area contributed by atoms with Gasteiger partial charge in [0.1, 0.15) is 11.6 Å². The maximum absolute atomic E-state index is 13.7. The zero-order valence-electron chi connectivity index (χ0n) is 12.7. The summed E-state index contributed by atoms with van der Waals surface area (Å²) < 4.78 is 26.6. The molecule has 1 saturated carbocycles. The Balaban J connectivity index is 1.97. The van der Waals surface area contributed by atoms with E-state index in [1.807, 2.05) is 0 Å². The molecule has 0 aromatic heterocycles. The molecule has 2 rings (SSSR count). The first kappa shape index (κ1) is 15.3. The molecule has 1 nitrogen and oxygen atoms in total. The van der Waals surface area contributed by atoms with Crippen LogP contribution in [0.15, 0.2) is 18.2 Å². The van der Waals surface area contributed by atoms with Crippen LogP contribution in [0.5, 0.6) is 0 Å². The quantitative estimate of drug-likeness (QED) is 0.718. The molecule has 2 unspecified atom stereocenters. The molecule has 1 aliphatic carbocycles. The van der Waals surface area contributed by atoms with Crippen LogP contribution in [-0.2, 0) is 0 Å². The van der Waals surface area contributed by atoms with Gasteiger partial charge in [-0.1, -0.05) is 27.2 Å². The first-order valence-electron chi connectivity index (χ1n) is 7.58. The summed E-state index contributed by atoms with van der Waals surface area (Å²) in [4.78, 5) is 0. The summed E-state index contributed by atoms with van der Waals surface area (Å²) in [5, 5.41) is 3.25. The summed E-state index contributed by atoms with van der Waals surface area (Å²) in [5.74, 6) is -0.296. The summed E-state index contributed by atoms with van der Waals surface area (Å²) in [7, 11) is 0. The summed E-state index contributed by atoms with van der Waals surface area (Å²) in [6.07, 6.45) is 5.70. The Morgan fingerprint density at radius 2 is 1.80 bits per heavy atom. The highest BCUT2D eigenvalue weighted by Crippen LogP contribution is 2.37. The van der Waals surface area contributed by atoms with Crippen molar-refractivity contribution in [3.8, 4) is 0 Å². The van der Waals surface area contributed by atoms with Crippen molar-refractivity contribution in [1.82, 2.24) is 0 Å². The molecular formula is C17H25F2N. The predicted octanol–water partition coefficient (Wildman–Crippen LogP) is 5.37. The SMILES string of the molecule is CC(C)(C)C1CCCC(Nc2ccc(F)cc2F)CC1. The minimum atomic E-state index is -0.526. The number of anilines is 1. The Labute approximate surface area is 120 Å². The third-order valence-corrected chi connectivity index (χ3v) is 4.48. The molecule has 112 valence electrons. The first-order chi connectivity index (χ1) is 9.36. The molecule has 0 amide bonds. The third kappa shape index (κ3) is 3.94. The first-order valence-corrected chi connectivity index (χ1v) is 7.58. The van der Waals surface area contributed by atoms with Gasteiger partial charge in [-0.2, -0.15) is 0 Å². The Bertz CT molecular complexity index is 451. The smallest absolute Gasteiger partial charge is 0.149 e. The van der Waals surface area contributed by atoms with E-state index < -0.39 is 11.6 Å². The van der Waals surface area contributed by atoms with Crippen molar-refractivity contribution in [2.24, 2.45) is 11.3 Å². The van der Waals surface area contributed by atoms with E-state index in [-0.39, 0.29) is 0 Å². The monoisotopic (exact) mass is 281 g/mol. The summed E-state index contributed by atoms with van der Waals surface area (Å²) in [5.41, 5.74) is 0.765. The second-order valence-corrected chi connectivity index (χ2v) is 7.04. The van der Waals surface area contributed by atoms with Crippen molar-refractivity contribution >= 4 is 5.69 Å². The van der Waals surface area contributed by atoms with Gasteiger partial charge in [-0.15, -0.1) is 0 Å². The van der Waals surface area contributed by atoms with Gasteiger partial charge in [0.05, 0.1) is 5.69 Å². The number of halogens is 2. The molecule has 0 radical (unpaired) electrons. The van der Waals surface area contributed by atoms with E-state index in [0.29, 0.717) is 17.1 Å². The lowest BCUT2D eigenvalue weighted by Crippen LogP contribution is -2.22. The number of nitrogens with one attached hydrogen (secondary N) is 1. The zero-order chi connectivity index (χ0) is 14.8. The lowest BCUT2D eigenvalue weighted by Gasteiger charge is -2.29. The normalized spacial score (nSPS) is 24.2. The molecule has 0 aliphatic heterocycles. The second-order valence-electron chi connectivity index (χ2n) is 7.04. The number of rotatable bonds is 2. The Kier molecular flexibility index (Phi) is 4.66. The van der Waals surface area contributed by atoms with Gasteiger partial charge in [0.2, 0.25) is 0 Å². The van der Waals surface area contributed by atoms with Crippen LogP contribution in [0.2, 0.25) is 0 Å². The van der Waals surface area contributed by atoms with Crippen LogP contribution in [0, 0.1) is 23.0 Å². The maximum atomic E-state index is 13.7. The maximum Gasteiger partial charge on any atom is 0.149 e. The second kappa shape index (κ2) is 6.11. The topological polar surface area (TPSA) is 12.0 Å². The summed E-state index contributed by atoms with van der Waals surface area (Å²) >= 11 is 0. The molecule has 0 heterocycles. The molecule has 1 aliphatic rings. The summed E-state index contributed by atoms with van der Waals surface area (Å²) in [6.45, 7) is 6.89. The van der Waals surface area contributed by atoms with Crippen LogP contribution in [-0.4, -0.2) is 6.04 Å². The van der Waals surface area contributed by atoms with Crippen molar-refractivity contribution in [1.29, 1.82) is 0 Å². The van der Waals surface area contributed by atoms with Crippen molar-refractivity contribution in [2.75, 3.05) is 5.32 Å². The van der Waals surface area contributed by atoms with E-state index in [2.05, 4.69) is 26.1 Å². The number of hydrogen-bond acceptors (Lipinski definition) is 1. The van der Waals surface area contributed by atoms with Crippen LogP contribution >= 0.6 is 0 Å². The fourth-order valence-corrected chi connectivity index (χ4v) is 3.14. The van der Waals surface area contributed by atoms with Crippen LogP contribution in [0.1, 0.15) is 52.9 Å². The van der Waals surface area contributed by atoms with Crippen LogP contribution < -0.4 is 5.32 Å². The average molecular weight is 281 g/mol. The number of hydrogen-bond donors (Lipinski definition) is 1. The molecule has 1 N–H and O–H groups in total. The highest BCUT2D eigenvalue weighted by molar-refractivity contribution is 5.45. The fourth-order valence-electron chi connectivity index (χ4n) is 3.14. The van der Waals surface area contributed by atoms with Crippen LogP contribution in [0.4, 0.5) is 14.5 Å². The van der Waals surface area contributed by atoms with E-state index >= 15 is 0 Å². The van der Waals surface area contributed by atoms with Crippen LogP contribution in [0.25, 0.3) is 0 Å². The highest BCUT2D eigenvalue weighted by atomic mass is 19.1. The molecule has 0 saturated heterocycles. The zero-order valence-corrected chi connectivity index (χ0v) is 12.7. The standard InChI is InChI=1S/C17H25F2N/c1-17(2,3)12-5-4-6-14(9-7-12)20-16-10-8-13(18)11-15(16)19/h8,10-12,14,20H,4-7,9H2,1-3H3. The van der Waals surface area contributed by atoms with E-state index in [9.17, 15) is 8.78 Å². The van der Waals surface area contributed by atoms with Gasteiger partial charge in [0, 0.05) is 12.1 Å². The highest BCUT2D eigenvalue weighted by Gasteiger charge is 2.27. The van der Waals surface area contributed by atoms with Gasteiger partial charge in [-0.25, -0.2) is 8.78 Å². The molecule has 0 spiro atoms. The minimum Gasteiger partial charge on any atom is -0.380 e. The molecular weight excluding hydrogens is 256 g/mol. The largest absolute Gasteiger partial charge is 0.380 e. The lowest BCUT2D eigenvalue weighted by molar-refractivity contribution is 0.214. The molecule has 3 heteroatoms. The van der Waals surface area contributed by atoms with Gasteiger partial charge < -0.3 is 5.32 Å². The van der Waals surface area contributed by atoms with Gasteiger partial charge >= 0.3 is 0 Å². The van der Waals surface area contributed by atoms with Gasteiger partial charge in [0.15, 0.2) is 0 Å². The Hall–Kier alpha value is -1.12. The molecule has 0 bridgehead atoms. The lowest BCUT2D eigenvalue weighted by atomic mass is 9.76. The van der Waals surface area contributed by atoms with E-state index in [4.69, 9.17) is 0 Å². The third-order valence-electron chi connectivity index (χ3n) is 4.48. The van der Waals surface area contributed by atoms with Gasteiger partial charge in [0.25, 0.3) is 0 Å². The molecule has 1 aromatic carbocycles. The van der Waals surface area contributed by atoms with Gasteiger partial charge in [-0.05, 0) is 49.1 Å². The Morgan fingerprint density at radius 1 is 1.05 bits per heavy atom. The predicted molar refractivity (Wildman–Crippen MR) is 79.8 cm³/mol. The Morgan fingerprint density at radius 3 is 2.45 bits per heavy atom. The van der Waals surface area contributed by atoms with Crippen LogP contribution in [0.3, 0.4) is 0 Å². The van der Waals surface area contributed by atoms with Crippen molar-refractivity contribution < 1.29 is 8.78 Å². The van der Waals surface area contributed by atoms with Crippen molar-refractivity contribution in [3.05, 3.63) is 29.8 Å². The van der Waals surface area contributed by atoms with Gasteiger partial charge in [-0.3, -0.25) is 0 Å². The van der Waals surface area contributed by atoms with E-state index in [1.165, 1.54) is 31.4 Å². The van der Waals surface area contributed by atoms with E-state index in [1.54, 1.807) is 0 Å². The molecule has 2 atom stereocenters. The molecule has 1 fully saturated rings. The van der Waals surface area contributed by atoms with Crippen molar-refractivity contribution in [2.45, 2.75) is 58.9 Å². The molecule has 1 aromatic rings. The molecule has 20 heavy (non-hydrogen) atoms. The minimum absolute atomic E-state index is 0.294. The fraction of sp³-hybridized carbons (Fsp3) is 0.647. The van der Waals surface area contributed by atoms with Crippen molar-refractivity contribution in [3.63, 3.8) is 0 Å². The number of benzene rings is 1. The van der Waals surface area contributed by atoms with E-state index in [0.717, 1.165) is 24.8 Å².